The van der Waals surface area contributed by atoms with E-state index in [0.29, 0.717) is 21.5 Å². The summed E-state index contributed by atoms with van der Waals surface area (Å²) in [5, 5.41) is 11.8. The second-order valence-corrected chi connectivity index (χ2v) is 12.3. The number of carbonyl (C=O) groups is 3. The summed E-state index contributed by atoms with van der Waals surface area (Å²) in [6.07, 6.45) is -0.743. The summed E-state index contributed by atoms with van der Waals surface area (Å²) >= 11 is 8.11. The smallest absolute Gasteiger partial charge is 0.475 e. The molecule has 3 aromatic carbocycles. The normalized spacial score (nSPS) is 16.3. The number of alkyl halides is 3. The van der Waals surface area contributed by atoms with Gasteiger partial charge in [-0.3, -0.25) is 9.59 Å². The summed E-state index contributed by atoms with van der Waals surface area (Å²) in [6, 6.07) is 20.7. The van der Waals surface area contributed by atoms with Crippen molar-refractivity contribution >= 4 is 57.0 Å². The fraction of sp³-hybridized carbons (Fsp3) is 0.303. The van der Waals surface area contributed by atoms with Crippen LogP contribution in [0.25, 0.3) is 21.2 Å². The SMILES string of the molecule is CNC1CCC(N(Cc2cc(-c3ccc(N(C)C=O)cc3)ccc2F)C(=O)c2sc3ccccc3c2Cl)CC1.O=C(O)C(F)(F)F. The zero-order valence-corrected chi connectivity index (χ0v) is 26.6. The molecule has 1 aliphatic carbocycles. The van der Waals surface area contributed by atoms with Crippen LogP contribution in [0.4, 0.5) is 23.2 Å². The molecule has 2 N–H and O–H groups in total. The lowest BCUT2D eigenvalue weighted by Gasteiger charge is -2.37. The minimum Gasteiger partial charge on any atom is -0.475 e. The molecule has 2 amide bonds. The fourth-order valence-corrected chi connectivity index (χ4v) is 6.80. The zero-order chi connectivity index (χ0) is 33.6. The number of nitrogens with one attached hydrogen (secondary N) is 1. The molecule has 0 saturated heterocycles. The maximum Gasteiger partial charge on any atom is 0.490 e. The number of benzene rings is 3. The topological polar surface area (TPSA) is 90.0 Å². The molecule has 0 unspecified atom stereocenters. The molecule has 0 radical (unpaired) electrons. The molecule has 7 nitrogen and oxygen atoms in total. The average molecular weight is 678 g/mol. The number of halogens is 5. The van der Waals surface area contributed by atoms with Gasteiger partial charge in [-0.2, -0.15) is 13.2 Å². The highest BCUT2D eigenvalue weighted by atomic mass is 35.5. The van der Waals surface area contributed by atoms with Gasteiger partial charge in [0.1, 0.15) is 10.7 Å². The van der Waals surface area contributed by atoms with Crippen molar-refractivity contribution in [2.75, 3.05) is 19.0 Å². The van der Waals surface area contributed by atoms with Crippen molar-refractivity contribution in [1.29, 1.82) is 0 Å². The first kappa shape index (κ1) is 34.9. The van der Waals surface area contributed by atoms with Crippen LogP contribution >= 0.6 is 22.9 Å². The van der Waals surface area contributed by atoms with Crippen molar-refractivity contribution < 1.29 is 37.1 Å². The van der Waals surface area contributed by atoms with E-state index in [1.165, 1.54) is 22.3 Å². The van der Waals surface area contributed by atoms with Crippen molar-refractivity contribution in [1.82, 2.24) is 10.2 Å². The van der Waals surface area contributed by atoms with E-state index in [1.807, 2.05) is 66.5 Å². The summed E-state index contributed by atoms with van der Waals surface area (Å²) in [4.78, 5) is 37.9. The lowest BCUT2D eigenvalue weighted by Crippen LogP contribution is -2.44. The van der Waals surface area contributed by atoms with Crippen LogP contribution in [0.3, 0.4) is 0 Å². The predicted molar refractivity (Wildman–Crippen MR) is 172 cm³/mol. The van der Waals surface area contributed by atoms with Gasteiger partial charge in [0.05, 0.1) is 5.02 Å². The first-order valence-electron chi connectivity index (χ1n) is 14.4. The quantitative estimate of drug-likeness (QED) is 0.147. The molecule has 46 heavy (non-hydrogen) atoms. The van der Waals surface area contributed by atoms with Gasteiger partial charge in [-0.25, -0.2) is 9.18 Å². The second-order valence-electron chi connectivity index (χ2n) is 10.8. The molecule has 0 aliphatic heterocycles. The van der Waals surface area contributed by atoms with Gasteiger partial charge >= 0.3 is 12.1 Å². The second kappa shape index (κ2) is 15.1. The predicted octanol–water partition coefficient (Wildman–Crippen LogP) is 7.76. The molecule has 1 aliphatic rings. The Bertz CT molecular complexity index is 1690. The molecule has 0 atom stereocenters. The monoisotopic (exact) mass is 677 g/mol. The highest BCUT2D eigenvalue weighted by Gasteiger charge is 2.38. The number of hydrogen-bond donors (Lipinski definition) is 2. The average Bonchev–Trinajstić information content (AvgIpc) is 3.40. The summed E-state index contributed by atoms with van der Waals surface area (Å²) in [5.74, 6) is -3.26. The number of rotatable bonds is 8. The maximum atomic E-state index is 15.2. The molecular weight excluding hydrogens is 646 g/mol. The number of carbonyl (C=O) groups excluding carboxylic acids is 2. The van der Waals surface area contributed by atoms with Crippen molar-refractivity contribution in [3.05, 3.63) is 88.0 Å². The Kier molecular flexibility index (Phi) is 11.4. The van der Waals surface area contributed by atoms with Crippen molar-refractivity contribution in [2.24, 2.45) is 0 Å². The van der Waals surface area contributed by atoms with Crippen LogP contribution in [-0.4, -0.2) is 60.6 Å². The van der Waals surface area contributed by atoms with Crippen LogP contribution < -0.4 is 10.2 Å². The third-order valence-electron chi connectivity index (χ3n) is 7.93. The van der Waals surface area contributed by atoms with Crippen LogP contribution in [0, 0.1) is 5.82 Å². The van der Waals surface area contributed by atoms with Gasteiger partial charge in [0.2, 0.25) is 6.41 Å². The minimum absolute atomic E-state index is 0.00963. The molecule has 1 aromatic heterocycles. The molecule has 0 spiro atoms. The van der Waals surface area contributed by atoms with Crippen LogP contribution in [-0.2, 0) is 16.1 Å². The molecule has 1 heterocycles. The lowest BCUT2D eigenvalue weighted by atomic mass is 9.89. The Morgan fingerprint density at radius 2 is 1.63 bits per heavy atom. The van der Waals surface area contributed by atoms with Gasteiger partial charge < -0.3 is 20.2 Å². The number of carboxylic acids is 1. The molecule has 5 rings (SSSR count). The van der Waals surface area contributed by atoms with Crippen LogP contribution in [0.5, 0.6) is 0 Å². The Morgan fingerprint density at radius 1 is 1.02 bits per heavy atom. The van der Waals surface area contributed by atoms with E-state index in [0.717, 1.165) is 59.0 Å². The van der Waals surface area contributed by atoms with Crippen LogP contribution in [0.1, 0.15) is 40.9 Å². The van der Waals surface area contributed by atoms with Gasteiger partial charge in [0.25, 0.3) is 5.91 Å². The highest BCUT2D eigenvalue weighted by Crippen LogP contribution is 2.38. The van der Waals surface area contributed by atoms with E-state index in [2.05, 4.69) is 5.32 Å². The van der Waals surface area contributed by atoms with Crippen molar-refractivity contribution in [3.63, 3.8) is 0 Å². The number of aliphatic carboxylic acids is 1. The standard InChI is InChI=1S/C31H31ClFN3O2S.C2HF3O2/c1-34-23-10-14-25(15-11-23)36(31(38)30-29(32)26-5-3-4-6-28(26)39-30)18-22-17-21(9-16-27(22)33)20-7-12-24(13-8-20)35(2)19-37;3-2(4,5)1(6)7/h3-9,12-13,16-17,19,23,25,34H,10-11,14-15,18H2,1-2H3;(H,6,7). The molecule has 1 fully saturated rings. The fourth-order valence-electron chi connectivity index (χ4n) is 5.33. The number of thiophene rings is 1. The summed E-state index contributed by atoms with van der Waals surface area (Å²) in [5.41, 5.74) is 2.98. The van der Waals surface area contributed by atoms with Crippen LogP contribution in [0.15, 0.2) is 66.7 Å². The molecule has 4 aromatic rings. The Hall–Kier alpha value is -4.00. The number of carboxylic acid groups (broad SMARTS) is 1. The summed E-state index contributed by atoms with van der Waals surface area (Å²) < 4.78 is 47.9. The number of fused-ring (bicyclic) bond motifs is 1. The highest BCUT2D eigenvalue weighted by molar-refractivity contribution is 7.21. The van der Waals surface area contributed by atoms with Gasteiger partial charge in [0, 0.05) is 47.0 Å². The third-order valence-corrected chi connectivity index (χ3v) is 9.59. The number of amides is 2. The number of nitrogens with zero attached hydrogens (tertiary/aromatic N) is 2. The number of anilines is 1. The largest absolute Gasteiger partial charge is 0.490 e. The molecule has 244 valence electrons. The minimum atomic E-state index is -5.08. The summed E-state index contributed by atoms with van der Waals surface area (Å²) in [7, 11) is 3.66. The van der Waals surface area contributed by atoms with Gasteiger partial charge in [-0.15, -0.1) is 11.3 Å². The Balaban J connectivity index is 0.000000617. The van der Waals surface area contributed by atoms with Crippen LogP contribution in [0.2, 0.25) is 5.02 Å². The van der Waals surface area contributed by atoms with E-state index < -0.39 is 12.1 Å². The van der Waals surface area contributed by atoms with Crippen molar-refractivity contribution in [2.45, 2.75) is 50.5 Å². The van der Waals surface area contributed by atoms with E-state index in [9.17, 15) is 22.8 Å². The third kappa shape index (κ3) is 8.23. The van der Waals surface area contributed by atoms with Crippen molar-refractivity contribution in [3.8, 4) is 11.1 Å². The molecule has 13 heteroatoms. The zero-order valence-electron chi connectivity index (χ0n) is 25.0. The summed E-state index contributed by atoms with van der Waals surface area (Å²) in [6.45, 7) is 0.157. The van der Waals surface area contributed by atoms with E-state index in [1.54, 1.807) is 13.1 Å². The molecule has 0 bridgehead atoms. The molecular formula is C33H32ClF4N3O4S. The van der Waals surface area contributed by atoms with E-state index in [4.69, 9.17) is 21.5 Å². The van der Waals surface area contributed by atoms with Gasteiger partial charge in [-0.05, 0) is 74.2 Å². The maximum absolute atomic E-state index is 15.2. The number of hydrogen-bond acceptors (Lipinski definition) is 5. The Morgan fingerprint density at radius 3 is 2.20 bits per heavy atom. The first-order valence-corrected chi connectivity index (χ1v) is 15.6. The van der Waals surface area contributed by atoms with E-state index >= 15 is 4.39 Å². The first-order chi connectivity index (χ1) is 21.8. The van der Waals surface area contributed by atoms with Gasteiger partial charge in [0.15, 0.2) is 0 Å². The van der Waals surface area contributed by atoms with Gasteiger partial charge in [-0.1, -0.05) is 48.0 Å². The lowest BCUT2D eigenvalue weighted by molar-refractivity contribution is -0.192. The molecule has 1 saturated carbocycles. The Labute approximate surface area is 272 Å². The van der Waals surface area contributed by atoms with E-state index in [-0.39, 0.29) is 24.3 Å².